The van der Waals surface area contributed by atoms with Gasteiger partial charge in [0.1, 0.15) is 18.5 Å². The summed E-state index contributed by atoms with van der Waals surface area (Å²) in [6.45, 7) is 6.47. The standard InChI is InChI=1S/C20H27F3N4O4/c1-19(2,3)17(28)26-14-5-12(20(21,22)23)7-25-15(14)10-31-18(29)27-9-11-6-24-8-13(11)16(27)30-4/h5,7,11,13,16,24H,6,8-10H2,1-4H3,(H,26,28). The molecule has 0 bridgehead atoms. The number of anilines is 1. The van der Waals surface area contributed by atoms with Gasteiger partial charge in [-0.15, -0.1) is 0 Å². The van der Waals surface area contributed by atoms with Crippen LogP contribution >= 0.6 is 0 Å². The Labute approximate surface area is 178 Å². The molecule has 3 rings (SSSR count). The molecule has 11 heteroatoms. The molecule has 2 aliphatic rings. The van der Waals surface area contributed by atoms with E-state index >= 15 is 0 Å². The van der Waals surface area contributed by atoms with Crippen molar-refractivity contribution in [1.29, 1.82) is 0 Å². The highest BCUT2D eigenvalue weighted by Crippen LogP contribution is 2.34. The van der Waals surface area contributed by atoms with Gasteiger partial charge in [0.2, 0.25) is 5.91 Å². The minimum absolute atomic E-state index is 0.0222. The summed E-state index contributed by atoms with van der Waals surface area (Å²) in [6, 6.07) is 0.795. The van der Waals surface area contributed by atoms with E-state index in [0.29, 0.717) is 12.7 Å². The Bertz CT molecular complexity index is 841. The number of halogens is 3. The van der Waals surface area contributed by atoms with Crippen LogP contribution in [0.2, 0.25) is 0 Å². The molecule has 172 valence electrons. The molecule has 31 heavy (non-hydrogen) atoms. The van der Waals surface area contributed by atoms with Crippen molar-refractivity contribution in [3.63, 3.8) is 0 Å². The van der Waals surface area contributed by atoms with Crippen molar-refractivity contribution in [3.8, 4) is 0 Å². The number of alkyl halides is 3. The smallest absolute Gasteiger partial charge is 0.417 e. The molecule has 8 nitrogen and oxygen atoms in total. The Morgan fingerprint density at radius 3 is 2.61 bits per heavy atom. The maximum atomic E-state index is 13.1. The SMILES string of the molecule is COC1C2CNCC2CN1C(=O)OCc1ncc(C(F)(F)F)cc1NC(=O)C(C)(C)C. The normalized spacial score (nSPS) is 23.6. The monoisotopic (exact) mass is 444 g/mol. The number of hydrogen-bond acceptors (Lipinski definition) is 6. The summed E-state index contributed by atoms with van der Waals surface area (Å²) in [4.78, 5) is 30.3. The molecule has 2 fully saturated rings. The summed E-state index contributed by atoms with van der Waals surface area (Å²) >= 11 is 0. The number of aromatic nitrogens is 1. The second kappa shape index (κ2) is 8.62. The number of ether oxygens (including phenoxy) is 2. The van der Waals surface area contributed by atoms with Crippen LogP contribution in [-0.2, 0) is 27.1 Å². The molecule has 1 aromatic heterocycles. The van der Waals surface area contributed by atoms with Crippen LogP contribution in [-0.4, -0.2) is 54.9 Å². The molecule has 3 unspecified atom stereocenters. The molecule has 2 saturated heterocycles. The first kappa shape index (κ1) is 23.3. The van der Waals surface area contributed by atoms with E-state index in [-0.39, 0.29) is 23.2 Å². The van der Waals surface area contributed by atoms with Crippen molar-refractivity contribution in [3.05, 3.63) is 23.5 Å². The first-order chi connectivity index (χ1) is 14.4. The molecule has 2 amide bonds. The minimum atomic E-state index is -4.63. The first-order valence-corrected chi connectivity index (χ1v) is 9.96. The lowest BCUT2D eigenvalue weighted by atomic mass is 9.95. The van der Waals surface area contributed by atoms with Crippen LogP contribution < -0.4 is 10.6 Å². The number of methoxy groups -OCH3 is 1. The topological polar surface area (TPSA) is 92.8 Å². The van der Waals surface area contributed by atoms with E-state index in [0.717, 1.165) is 19.2 Å². The third-order valence-corrected chi connectivity index (χ3v) is 5.53. The van der Waals surface area contributed by atoms with Gasteiger partial charge in [0, 0.05) is 44.3 Å². The van der Waals surface area contributed by atoms with Gasteiger partial charge in [0.15, 0.2) is 0 Å². The summed E-state index contributed by atoms with van der Waals surface area (Å²) in [5, 5.41) is 5.73. The van der Waals surface area contributed by atoms with Gasteiger partial charge in [-0.2, -0.15) is 13.2 Å². The molecule has 3 heterocycles. The number of carbonyl (C=O) groups is 2. The second-order valence-electron chi connectivity index (χ2n) is 8.84. The fraction of sp³-hybridized carbons (Fsp3) is 0.650. The first-order valence-electron chi connectivity index (χ1n) is 9.96. The van der Waals surface area contributed by atoms with Gasteiger partial charge in [-0.25, -0.2) is 4.79 Å². The number of nitrogens with one attached hydrogen (secondary N) is 2. The average molecular weight is 444 g/mol. The van der Waals surface area contributed by atoms with Crippen LogP contribution in [0.5, 0.6) is 0 Å². The number of nitrogens with zero attached hydrogens (tertiary/aromatic N) is 2. The van der Waals surface area contributed by atoms with Crippen LogP contribution in [0.15, 0.2) is 12.3 Å². The van der Waals surface area contributed by atoms with Gasteiger partial charge in [0.25, 0.3) is 0 Å². The summed E-state index contributed by atoms with van der Waals surface area (Å²) in [5.41, 5.74) is -1.97. The van der Waals surface area contributed by atoms with Crippen molar-refractivity contribution in [2.75, 3.05) is 32.1 Å². The van der Waals surface area contributed by atoms with Gasteiger partial charge >= 0.3 is 12.3 Å². The Hall–Kier alpha value is -2.40. The van der Waals surface area contributed by atoms with Gasteiger partial charge in [-0.1, -0.05) is 20.8 Å². The van der Waals surface area contributed by atoms with Crippen molar-refractivity contribution >= 4 is 17.7 Å². The van der Waals surface area contributed by atoms with Crippen LogP contribution in [0, 0.1) is 17.3 Å². The van der Waals surface area contributed by atoms with Crippen molar-refractivity contribution in [2.45, 2.75) is 39.8 Å². The molecule has 0 aromatic carbocycles. The van der Waals surface area contributed by atoms with E-state index in [1.165, 1.54) is 12.0 Å². The van der Waals surface area contributed by atoms with Gasteiger partial charge in [-0.05, 0) is 12.0 Å². The largest absolute Gasteiger partial charge is 0.443 e. The maximum Gasteiger partial charge on any atom is 0.417 e. The summed E-state index contributed by atoms with van der Waals surface area (Å²) in [7, 11) is 1.52. The van der Waals surface area contributed by atoms with E-state index < -0.39 is 42.0 Å². The lowest BCUT2D eigenvalue weighted by molar-refractivity contribution is -0.137. The lowest BCUT2D eigenvalue weighted by Gasteiger charge is -2.26. The van der Waals surface area contributed by atoms with E-state index in [2.05, 4.69) is 15.6 Å². The maximum absolute atomic E-state index is 13.1. The number of carbonyl (C=O) groups excluding carboxylic acids is 2. The molecule has 0 saturated carbocycles. The summed E-state index contributed by atoms with van der Waals surface area (Å²) in [5.74, 6) is -0.0766. The zero-order valence-corrected chi connectivity index (χ0v) is 17.9. The fourth-order valence-electron chi connectivity index (χ4n) is 3.75. The third kappa shape index (κ3) is 5.09. The number of fused-ring (bicyclic) bond motifs is 1. The summed E-state index contributed by atoms with van der Waals surface area (Å²) < 4.78 is 50.2. The Kier molecular flexibility index (Phi) is 6.47. The molecule has 2 aliphatic heterocycles. The number of likely N-dealkylation sites (tertiary alicyclic amines) is 1. The van der Waals surface area contributed by atoms with Gasteiger partial charge < -0.3 is 20.1 Å². The van der Waals surface area contributed by atoms with Crippen LogP contribution in [0.25, 0.3) is 0 Å². The number of hydrogen-bond donors (Lipinski definition) is 2. The van der Waals surface area contributed by atoms with Gasteiger partial charge in [0.05, 0.1) is 11.3 Å². The van der Waals surface area contributed by atoms with Crippen molar-refractivity contribution < 1.29 is 32.2 Å². The molecule has 1 aromatic rings. The van der Waals surface area contributed by atoms with E-state index in [1.54, 1.807) is 20.8 Å². The van der Waals surface area contributed by atoms with Crippen LogP contribution in [0.1, 0.15) is 32.0 Å². The summed E-state index contributed by atoms with van der Waals surface area (Å²) in [6.07, 6.45) is -5.06. The zero-order valence-electron chi connectivity index (χ0n) is 17.9. The van der Waals surface area contributed by atoms with Crippen molar-refractivity contribution in [1.82, 2.24) is 15.2 Å². The number of rotatable bonds is 4. The number of amides is 2. The predicted octanol–water partition coefficient (Wildman–Crippen LogP) is 2.85. The lowest BCUT2D eigenvalue weighted by Crippen LogP contribution is -2.41. The molecule has 0 aliphatic carbocycles. The van der Waals surface area contributed by atoms with E-state index in [9.17, 15) is 22.8 Å². The molecule has 0 radical (unpaired) electrons. The quantitative estimate of drug-likeness (QED) is 0.742. The predicted molar refractivity (Wildman–Crippen MR) is 105 cm³/mol. The van der Waals surface area contributed by atoms with Crippen LogP contribution in [0.3, 0.4) is 0 Å². The Morgan fingerprint density at radius 2 is 2.00 bits per heavy atom. The fourth-order valence-corrected chi connectivity index (χ4v) is 3.75. The molecule has 0 spiro atoms. The Balaban J connectivity index is 1.75. The van der Waals surface area contributed by atoms with Crippen LogP contribution in [0.4, 0.5) is 23.7 Å². The van der Waals surface area contributed by atoms with E-state index in [1.807, 2.05) is 0 Å². The number of pyridine rings is 1. The minimum Gasteiger partial charge on any atom is -0.443 e. The Morgan fingerprint density at radius 1 is 1.29 bits per heavy atom. The highest BCUT2D eigenvalue weighted by atomic mass is 19.4. The zero-order chi connectivity index (χ0) is 23.0. The van der Waals surface area contributed by atoms with Crippen molar-refractivity contribution in [2.24, 2.45) is 17.3 Å². The average Bonchev–Trinajstić information content (AvgIpc) is 3.26. The second-order valence-corrected chi connectivity index (χ2v) is 8.84. The molecular weight excluding hydrogens is 417 g/mol. The molecule has 2 N–H and O–H groups in total. The molecule has 3 atom stereocenters. The van der Waals surface area contributed by atoms with E-state index in [4.69, 9.17) is 9.47 Å². The third-order valence-electron chi connectivity index (χ3n) is 5.53. The van der Waals surface area contributed by atoms with Gasteiger partial charge in [-0.3, -0.25) is 14.7 Å². The molecular formula is C20H27F3N4O4. The highest BCUT2D eigenvalue weighted by molar-refractivity contribution is 5.95. The highest BCUT2D eigenvalue weighted by Gasteiger charge is 2.47.